The number of benzene rings is 2. The molecule has 2 rings (SSSR count). The number of ether oxygens (including phenoxy) is 3. The largest absolute Gasteiger partial charge is 0.368 e. The van der Waals surface area contributed by atoms with Crippen LogP contribution in [0.2, 0.25) is 0 Å². The molecule has 0 saturated carbocycles. The highest BCUT2D eigenvalue weighted by molar-refractivity contribution is 5.47. The Labute approximate surface area is 208 Å². The van der Waals surface area contributed by atoms with E-state index >= 15 is 0 Å². The Morgan fingerprint density at radius 3 is 1.97 bits per heavy atom. The molecule has 0 bridgehead atoms. The summed E-state index contributed by atoms with van der Waals surface area (Å²) in [5.74, 6) is -0.927. The molecule has 188 valence electrons. The van der Waals surface area contributed by atoms with Crippen molar-refractivity contribution in [1.29, 1.82) is 0 Å². The molecule has 3 heteroatoms. The summed E-state index contributed by atoms with van der Waals surface area (Å²) in [6.45, 7) is 12.2. The number of hydrogen-bond donors (Lipinski definition) is 0. The summed E-state index contributed by atoms with van der Waals surface area (Å²) in [7, 11) is 0. The molecule has 0 aliphatic heterocycles. The maximum absolute atomic E-state index is 6.66. The van der Waals surface area contributed by atoms with Crippen LogP contribution in [0.15, 0.2) is 61.2 Å². The first-order chi connectivity index (χ1) is 16.7. The Morgan fingerprint density at radius 1 is 0.765 bits per heavy atom. The molecular formula is C31H46O3. The maximum Gasteiger partial charge on any atom is 0.222 e. The van der Waals surface area contributed by atoms with Gasteiger partial charge in [0.2, 0.25) is 5.79 Å². The van der Waals surface area contributed by atoms with Crippen LogP contribution in [-0.4, -0.2) is 19.3 Å². The smallest absolute Gasteiger partial charge is 0.222 e. The Hall–Kier alpha value is -1.94. The SMILES string of the molecule is C=Cc1ccc(C(OCCC)(OCCC)C(CCCCCCCC)OCc2ccccc2)cc1. The van der Waals surface area contributed by atoms with E-state index in [1.807, 2.05) is 12.1 Å². The molecule has 1 atom stereocenters. The zero-order valence-electron chi connectivity index (χ0n) is 21.8. The van der Waals surface area contributed by atoms with Crippen molar-refractivity contribution in [3.8, 4) is 0 Å². The average molecular weight is 467 g/mol. The van der Waals surface area contributed by atoms with E-state index in [0.717, 1.165) is 42.4 Å². The second-order valence-electron chi connectivity index (χ2n) is 9.03. The van der Waals surface area contributed by atoms with Gasteiger partial charge in [0, 0.05) is 5.56 Å². The van der Waals surface area contributed by atoms with Crippen molar-refractivity contribution in [2.24, 2.45) is 0 Å². The highest BCUT2D eigenvalue weighted by atomic mass is 16.7. The second-order valence-corrected chi connectivity index (χ2v) is 9.03. The van der Waals surface area contributed by atoms with Gasteiger partial charge < -0.3 is 14.2 Å². The molecule has 0 fully saturated rings. The average Bonchev–Trinajstić information content (AvgIpc) is 2.89. The molecule has 2 aromatic rings. The van der Waals surface area contributed by atoms with Gasteiger partial charge in [-0.1, -0.05) is 127 Å². The van der Waals surface area contributed by atoms with Crippen LogP contribution in [0.4, 0.5) is 0 Å². The summed E-state index contributed by atoms with van der Waals surface area (Å²) in [4.78, 5) is 0. The van der Waals surface area contributed by atoms with Crippen molar-refractivity contribution in [1.82, 2.24) is 0 Å². The first-order valence-electron chi connectivity index (χ1n) is 13.4. The topological polar surface area (TPSA) is 27.7 Å². The summed E-state index contributed by atoms with van der Waals surface area (Å²) in [5, 5.41) is 0. The number of hydrogen-bond acceptors (Lipinski definition) is 3. The molecule has 1 unspecified atom stereocenters. The van der Waals surface area contributed by atoms with Crippen LogP contribution < -0.4 is 0 Å². The van der Waals surface area contributed by atoms with Crippen molar-refractivity contribution in [2.45, 2.75) is 97.1 Å². The number of rotatable bonds is 19. The zero-order valence-corrected chi connectivity index (χ0v) is 21.8. The van der Waals surface area contributed by atoms with Crippen LogP contribution in [0, 0.1) is 0 Å². The Bertz CT molecular complexity index is 761. The van der Waals surface area contributed by atoms with Crippen molar-refractivity contribution < 1.29 is 14.2 Å². The van der Waals surface area contributed by atoms with Gasteiger partial charge >= 0.3 is 0 Å². The lowest BCUT2D eigenvalue weighted by molar-refractivity contribution is -0.306. The molecule has 0 heterocycles. The van der Waals surface area contributed by atoms with Gasteiger partial charge in [-0.2, -0.15) is 0 Å². The van der Waals surface area contributed by atoms with Gasteiger partial charge in [-0.15, -0.1) is 0 Å². The summed E-state index contributed by atoms with van der Waals surface area (Å²) < 4.78 is 19.9. The third-order valence-electron chi connectivity index (χ3n) is 6.13. The minimum absolute atomic E-state index is 0.202. The summed E-state index contributed by atoms with van der Waals surface area (Å²) >= 11 is 0. The summed E-state index contributed by atoms with van der Waals surface area (Å²) in [5.41, 5.74) is 3.27. The summed E-state index contributed by atoms with van der Waals surface area (Å²) in [6.07, 6.45) is 11.9. The van der Waals surface area contributed by atoms with E-state index in [4.69, 9.17) is 14.2 Å². The highest BCUT2D eigenvalue weighted by Crippen LogP contribution is 2.37. The van der Waals surface area contributed by atoms with Crippen molar-refractivity contribution in [2.75, 3.05) is 13.2 Å². The van der Waals surface area contributed by atoms with Gasteiger partial charge in [0.05, 0.1) is 19.8 Å². The molecule has 0 aromatic heterocycles. The molecule has 3 nitrogen and oxygen atoms in total. The van der Waals surface area contributed by atoms with E-state index in [1.165, 1.54) is 32.1 Å². The lowest BCUT2D eigenvalue weighted by Gasteiger charge is -2.41. The Morgan fingerprint density at radius 2 is 1.38 bits per heavy atom. The van der Waals surface area contributed by atoms with Gasteiger partial charge in [0.25, 0.3) is 0 Å². The molecule has 0 aliphatic carbocycles. The van der Waals surface area contributed by atoms with Crippen molar-refractivity contribution in [3.05, 3.63) is 77.9 Å². The highest BCUT2D eigenvalue weighted by Gasteiger charge is 2.43. The maximum atomic E-state index is 6.66. The standard InChI is InChI=1S/C31H46O3/c1-5-9-10-11-12-16-19-30(32-26-28-17-14-13-15-18-28)31(33-24-6-2,34-25-7-3)29-22-20-27(8-4)21-23-29/h8,13-15,17-18,20-23,30H,4-7,9-12,16,19,24-26H2,1-3H3. The molecule has 34 heavy (non-hydrogen) atoms. The molecule has 0 aliphatic rings. The van der Waals surface area contributed by atoms with Crippen molar-refractivity contribution >= 4 is 6.08 Å². The van der Waals surface area contributed by atoms with Crippen LogP contribution in [0.1, 0.15) is 95.2 Å². The third-order valence-corrected chi connectivity index (χ3v) is 6.13. The van der Waals surface area contributed by atoms with Gasteiger partial charge in [-0.25, -0.2) is 0 Å². The molecule has 0 spiro atoms. The lowest BCUT2D eigenvalue weighted by Crippen LogP contribution is -2.47. The second kappa shape index (κ2) is 16.6. The minimum atomic E-state index is -0.927. The van der Waals surface area contributed by atoms with E-state index in [1.54, 1.807) is 0 Å². The monoisotopic (exact) mass is 466 g/mol. The molecule has 0 saturated heterocycles. The van der Waals surface area contributed by atoms with Crippen LogP contribution in [0.25, 0.3) is 6.08 Å². The predicted octanol–water partition coefficient (Wildman–Crippen LogP) is 8.67. The molecule has 0 amide bonds. The molecule has 2 aromatic carbocycles. The van der Waals surface area contributed by atoms with Gasteiger partial charge in [-0.3, -0.25) is 0 Å². The van der Waals surface area contributed by atoms with Gasteiger partial charge in [0.15, 0.2) is 0 Å². The Balaban J connectivity index is 2.34. The fourth-order valence-electron chi connectivity index (χ4n) is 4.20. The fraction of sp³-hybridized carbons (Fsp3) is 0.548. The zero-order chi connectivity index (χ0) is 24.5. The van der Waals surface area contributed by atoms with E-state index in [-0.39, 0.29) is 6.10 Å². The van der Waals surface area contributed by atoms with Crippen molar-refractivity contribution in [3.63, 3.8) is 0 Å². The molecule has 0 radical (unpaired) electrons. The van der Waals surface area contributed by atoms with Gasteiger partial charge in [-0.05, 0) is 30.4 Å². The number of unbranched alkanes of at least 4 members (excludes halogenated alkanes) is 5. The van der Waals surface area contributed by atoms with E-state index in [2.05, 4.69) is 75.9 Å². The van der Waals surface area contributed by atoms with Crippen LogP contribution in [0.3, 0.4) is 0 Å². The van der Waals surface area contributed by atoms with E-state index in [0.29, 0.717) is 19.8 Å². The first kappa shape index (κ1) is 28.3. The quantitative estimate of drug-likeness (QED) is 0.153. The lowest BCUT2D eigenvalue weighted by atomic mass is 9.93. The Kier molecular flexibility index (Phi) is 13.9. The molecular weight excluding hydrogens is 420 g/mol. The fourth-order valence-corrected chi connectivity index (χ4v) is 4.20. The minimum Gasteiger partial charge on any atom is -0.368 e. The van der Waals surface area contributed by atoms with Crippen LogP contribution in [-0.2, 0) is 26.6 Å². The normalized spacial score (nSPS) is 12.6. The molecule has 0 N–H and O–H groups in total. The van der Waals surface area contributed by atoms with E-state index in [9.17, 15) is 0 Å². The van der Waals surface area contributed by atoms with Crippen LogP contribution in [0.5, 0.6) is 0 Å². The van der Waals surface area contributed by atoms with E-state index < -0.39 is 5.79 Å². The van der Waals surface area contributed by atoms with Gasteiger partial charge in [0.1, 0.15) is 6.10 Å². The third kappa shape index (κ3) is 9.02. The summed E-state index contributed by atoms with van der Waals surface area (Å²) in [6, 6.07) is 18.8. The van der Waals surface area contributed by atoms with Crippen LogP contribution >= 0.6 is 0 Å². The predicted molar refractivity (Wildman–Crippen MR) is 144 cm³/mol. The first-order valence-corrected chi connectivity index (χ1v) is 13.4.